The number of ether oxygens (including phenoxy) is 1. The second-order valence-electron chi connectivity index (χ2n) is 4.97. The highest BCUT2D eigenvalue weighted by molar-refractivity contribution is 9.10. The molecule has 6 nitrogen and oxygen atoms in total. The van der Waals surface area contributed by atoms with Gasteiger partial charge in [0.15, 0.2) is 17.3 Å². The summed E-state index contributed by atoms with van der Waals surface area (Å²) in [6.45, 7) is 0. The fourth-order valence-electron chi connectivity index (χ4n) is 2.16. The van der Waals surface area contributed by atoms with Crippen molar-refractivity contribution in [2.24, 2.45) is 5.10 Å². The number of rotatable bonds is 4. The van der Waals surface area contributed by atoms with Crippen LogP contribution in [0.2, 0.25) is 5.02 Å². The molecule has 0 saturated carbocycles. The SMILES string of the molecule is COc1cc(/C=N\n2c(-c3cccc(Cl)c3)n[nH]c2=S)cc(Br)c1O. The van der Waals surface area contributed by atoms with Gasteiger partial charge in [0.05, 0.1) is 17.8 Å². The largest absolute Gasteiger partial charge is 0.503 e. The van der Waals surface area contributed by atoms with E-state index in [1.165, 1.54) is 11.8 Å². The number of phenols is 1. The Hall–Kier alpha value is -2.16. The monoisotopic (exact) mass is 438 g/mol. The number of methoxy groups -OCH3 is 1. The van der Waals surface area contributed by atoms with Gasteiger partial charge in [-0.2, -0.15) is 14.9 Å². The first-order chi connectivity index (χ1) is 12.0. The average Bonchev–Trinajstić information content (AvgIpc) is 2.96. The van der Waals surface area contributed by atoms with E-state index in [9.17, 15) is 5.11 Å². The van der Waals surface area contributed by atoms with Crippen molar-refractivity contribution in [2.75, 3.05) is 7.11 Å². The second kappa shape index (κ2) is 7.38. The van der Waals surface area contributed by atoms with Crippen molar-refractivity contribution in [3.05, 3.63) is 56.2 Å². The summed E-state index contributed by atoms with van der Waals surface area (Å²) < 4.78 is 7.47. The Morgan fingerprint density at radius 3 is 2.92 bits per heavy atom. The average molecular weight is 440 g/mol. The molecule has 0 bridgehead atoms. The zero-order chi connectivity index (χ0) is 18.0. The third kappa shape index (κ3) is 3.76. The van der Waals surface area contributed by atoms with Crippen LogP contribution in [0.4, 0.5) is 0 Å². The minimum atomic E-state index is 0.0270. The molecule has 0 aliphatic rings. The number of benzene rings is 2. The molecule has 1 aromatic heterocycles. The van der Waals surface area contributed by atoms with E-state index in [0.29, 0.717) is 31.4 Å². The number of phenolic OH excluding ortho intramolecular Hbond substituents is 1. The minimum Gasteiger partial charge on any atom is -0.503 e. The van der Waals surface area contributed by atoms with Crippen molar-refractivity contribution in [2.45, 2.75) is 0 Å². The van der Waals surface area contributed by atoms with Crippen molar-refractivity contribution in [1.82, 2.24) is 14.9 Å². The maximum absolute atomic E-state index is 9.87. The molecule has 0 aliphatic carbocycles. The van der Waals surface area contributed by atoms with Gasteiger partial charge >= 0.3 is 0 Å². The predicted molar refractivity (Wildman–Crippen MR) is 103 cm³/mol. The standard InChI is InChI=1S/C16H12BrClN4O2S/c1-24-13-6-9(5-12(17)14(13)23)8-19-22-15(20-21-16(22)25)10-3-2-4-11(18)7-10/h2-8,23H,1H3,(H,21,25)/b19-8-. The molecule has 0 radical (unpaired) electrons. The third-order valence-corrected chi connectivity index (χ3v) is 4.43. The zero-order valence-electron chi connectivity index (χ0n) is 12.9. The van der Waals surface area contributed by atoms with Gasteiger partial charge in [0.2, 0.25) is 4.77 Å². The lowest BCUT2D eigenvalue weighted by molar-refractivity contribution is 0.372. The molecule has 25 heavy (non-hydrogen) atoms. The molecule has 9 heteroatoms. The van der Waals surface area contributed by atoms with Gasteiger partial charge in [0, 0.05) is 10.6 Å². The number of nitrogens with one attached hydrogen (secondary N) is 1. The molecule has 0 aliphatic heterocycles. The number of hydrogen-bond donors (Lipinski definition) is 2. The summed E-state index contributed by atoms with van der Waals surface area (Å²) >= 11 is 14.6. The lowest BCUT2D eigenvalue weighted by Crippen LogP contribution is -1.96. The summed E-state index contributed by atoms with van der Waals surface area (Å²) in [5.41, 5.74) is 1.49. The lowest BCUT2D eigenvalue weighted by atomic mass is 10.2. The number of aromatic amines is 1. The van der Waals surface area contributed by atoms with E-state index in [1.807, 2.05) is 12.1 Å². The van der Waals surface area contributed by atoms with Gasteiger partial charge in [-0.05, 0) is 58.0 Å². The molecule has 1 heterocycles. The molecule has 0 spiro atoms. The lowest BCUT2D eigenvalue weighted by Gasteiger charge is -2.06. The van der Waals surface area contributed by atoms with Gasteiger partial charge < -0.3 is 9.84 Å². The minimum absolute atomic E-state index is 0.0270. The Morgan fingerprint density at radius 2 is 2.20 bits per heavy atom. The summed E-state index contributed by atoms with van der Waals surface area (Å²) in [4.78, 5) is 0. The molecular weight excluding hydrogens is 428 g/mol. The molecule has 0 fully saturated rings. The highest BCUT2D eigenvalue weighted by Gasteiger charge is 2.10. The van der Waals surface area contributed by atoms with Crippen molar-refractivity contribution < 1.29 is 9.84 Å². The van der Waals surface area contributed by atoms with Crippen molar-refractivity contribution in [3.63, 3.8) is 0 Å². The zero-order valence-corrected chi connectivity index (χ0v) is 16.1. The number of hydrogen-bond acceptors (Lipinski definition) is 5. The normalized spacial score (nSPS) is 11.2. The Balaban J connectivity index is 2.02. The van der Waals surface area contributed by atoms with Gasteiger partial charge in [0.25, 0.3) is 0 Å². The molecule has 2 N–H and O–H groups in total. The quantitative estimate of drug-likeness (QED) is 0.459. The molecule has 0 saturated heterocycles. The number of nitrogens with zero attached hydrogens (tertiary/aromatic N) is 3. The summed E-state index contributed by atoms with van der Waals surface area (Å²) in [6.07, 6.45) is 1.59. The van der Waals surface area contributed by atoms with Crippen LogP contribution in [0.5, 0.6) is 11.5 Å². The number of halogens is 2. The van der Waals surface area contributed by atoms with Crippen LogP contribution in [-0.2, 0) is 0 Å². The van der Waals surface area contributed by atoms with Crippen LogP contribution in [-0.4, -0.2) is 33.3 Å². The Morgan fingerprint density at radius 1 is 1.40 bits per heavy atom. The molecule has 0 amide bonds. The molecule has 3 rings (SSSR count). The van der Waals surface area contributed by atoms with Gasteiger partial charge in [-0.25, -0.2) is 5.10 Å². The van der Waals surface area contributed by atoms with Gasteiger partial charge in [-0.1, -0.05) is 23.7 Å². The third-order valence-electron chi connectivity index (χ3n) is 3.33. The fourth-order valence-corrected chi connectivity index (χ4v) is 2.99. The first kappa shape index (κ1) is 17.7. The second-order valence-corrected chi connectivity index (χ2v) is 6.65. The molecule has 2 aromatic carbocycles. The summed E-state index contributed by atoms with van der Waals surface area (Å²) in [6, 6.07) is 10.6. The summed E-state index contributed by atoms with van der Waals surface area (Å²) in [5.74, 6) is 0.898. The number of aromatic hydroxyl groups is 1. The highest BCUT2D eigenvalue weighted by Crippen LogP contribution is 2.34. The van der Waals surface area contributed by atoms with Crippen LogP contribution >= 0.6 is 39.7 Å². The maximum atomic E-state index is 9.87. The van der Waals surface area contributed by atoms with E-state index in [4.69, 9.17) is 28.6 Å². The Labute approximate surface area is 161 Å². The molecule has 3 aromatic rings. The smallest absolute Gasteiger partial charge is 0.216 e. The van der Waals surface area contributed by atoms with Crippen LogP contribution < -0.4 is 4.74 Å². The summed E-state index contributed by atoms with van der Waals surface area (Å²) in [7, 11) is 1.48. The first-order valence-corrected chi connectivity index (χ1v) is 8.61. The van der Waals surface area contributed by atoms with Gasteiger partial charge in [-0.15, -0.1) is 0 Å². The maximum Gasteiger partial charge on any atom is 0.216 e. The van der Waals surface area contributed by atoms with Crippen LogP contribution in [0.1, 0.15) is 5.56 Å². The van der Waals surface area contributed by atoms with Gasteiger partial charge in [0.1, 0.15) is 0 Å². The number of aromatic nitrogens is 3. The molecule has 0 atom stereocenters. The number of H-pyrrole nitrogens is 1. The summed E-state index contributed by atoms with van der Waals surface area (Å²) in [5, 5.41) is 21.8. The molecule has 128 valence electrons. The van der Waals surface area contributed by atoms with Crippen LogP contribution in [0.3, 0.4) is 0 Å². The topological polar surface area (TPSA) is 75.4 Å². The molecular formula is C16H12BrClN4O2S. The van der Waals surface area contributed by atoms with Crippen LogP contribution in [0.25, 0.3) is 11.4 Å². The van der Waals surface area contributed by atoms with E-state index in [0.717, 1.165) is 5.56 Å². The van der Waals surface area contributed by atoms with E-state index in [-0.39, 0.29) is 5.75 Å². The Kier molecular flexibility index (Phi) is 5.22. The van der Waals surface area contributed by atoms with E-state index < -0.39 is 0 Å². The first-order valence-electron chi connectivity index (χ1n) is 7.04. The van der Waals surface area contributed by atoms with Crippen LogP contribution in [0, 0.1) is 4.77 Å². The van der Waals surface area contributed by atoms with Crippen molar-refractivity contribution >= 4 is 46.0 Å². The van der Waals surface area contributed by atoms with Crippen molar-refractivity contribution in [1.29, 1.82) is 0 Å². The highest BCUT2D eigenvalue weighted by atomic mass is 79.9. The van der Waals surface area contributed by atoms with Crippen LogP contribution in [0.15, 0.2) is 46.0 Å². The predicted octanol–water partition coefficient (Wildman–Crippen LogP) is 4.62. The van der Waals surface area contributed by atoms with E-state index in [2.05, 4.69) is 31.2 Å². The fraction of sp³-hybridized carbons (Fsp3) is 0.0625. The molecule has 0 unspecified atom stereocenters. The Bertz CT molecular complexity index is 1020. The van der Waals surface area contributed by atoms with Gasteiger partial charge in [-0.3, -0.25) is 0 Å². The van der Waals surface area contributed by atoms with E-state index in [1.54, 1.807) is 30.5 Å². The van der Waals surface area contributed by atoms with Crippen molar-refractivity contribution in [3.8, 4) is 22.9 Å². The van der Waals surface area contributed by atoms with E-state index >= 15 is 0 Å².